The molecule has 1 aromatic rings. The van der Waals surface area contributed by atoms with E-state index in [0.717, 1.165) is 4.90 Å². The van der Waals surface area contributed by atoms with Crippen LogP contribution in [0, 0.1) is 0 Å². The predicted octanol–water partition coefficient (Wildman–Crippen LogP) is 0.610. The molecule has 0 spiro atoms. The first-order valence-corrected chi connectivity index (χ1v) is 5.74. The summed E-state index contributed by atoms with van der Waals surface area (Å²) < 4.78 is 9.66. The molecule has 3 amide bonds. The second kappa shape index (κ2) is 4.75. The molecular weight excluding hydrogens is 252 g/mol. The molecule has 7 heteroatoms. The largest absolute Gasteiger partial charge is 0.469 e. The summed E-state index contributed by atoms with van der Waals surface area (Å²) in [5.74, 6) is -0.574. The molecule has 7 nitrogen and oxygen atoms in total. The van der Waals surface area contributed by atoms with Crippen LogP contribution in [0.1, 0.15) is 19.1 Å². The lowest BCUT2D eigenvalue weighted by atomic mass is 9.99. The minimum absolute atomic E-state index is 0.0202. The number of esters is 1. The number of ether oxygens (including phenoxy) is 1. The molecule has 0 aliphatic carbocycles. The normalized spacial score (nSPS) is 22.5. The van der Waals surface area contributed by atoms with Crippen LogP contribution in [0.5, 0.6) is 0 Å². The van der Waals surface area contributed by atoms with Crippen molar-refractivity contribution in [3.8, 4) is 0 Å². The topological polar surface area (TPSA) is 88.8 Å². The van der Waals surface area contributed by atoms with Gasteiger partial charge in [0.25, 0.3) is 5.91 Å². The number of carbonyl (C=O) groups excluding carboxylic acids is 3. The van der Waals surface area contributed by atoms with Gasteiger partial charge in [0.15, 0.2) is 5.54 Å². The third-order valence-corrected chi connectivity index (χ3v) is 3.06. The number of furan rings is 1. The Bertz CT molecular complexity index is 510. The van der Waals surface area contributed by atoms with Crippen molar-refractivity contribution in [1.29, 1.82) is 0 Å². The molecule has 0 radical (unpaired) electrons. The van der Waals surface area contributed by atoms with Gasteiger partial charge >= 0.3 is 12.0 Å². The van der Waals surface area contributed by atoms with Crippen molar-refractivity contribution in [2.75, 3.05) is 13.7 Å². The van der Waals surface area contributed by atoms with Crippen LogP contribution in [0.3, 0.4) is 0 Å². The number of rotatable bonds is 4. The highest BCUT2D eigenvalue weighted by atomic mass is 16.5. The van der Waals surface area contributed by atoms with E-state index < -0.39 is 23.4 Å². The molecule has 102 valence electrons. The fourth-order valence-corrected chi connectivity index (χ4v) is 1.94. The highest BCUT2D eigenvalue weighted by Crippen LogP contribution is 2.29. The summed E-state index contributed by atoms with van der Waals surface area (Å²) >= 11 is 0. The summed E-state index contributed by atoms with van der Waals surface area (Å²) in [6.07, 6.45) is 1.39. The number of methoxy groups -OCH3 is 1. The van der Waals surface area contributed by atoms with Crippen LogP contribution < -0.4 is 5.32 Å². The van der Waals surface area contributed by atoms with Gasteiger partial charge < -0.3 is 14.5 Å². The van der Waals surface area contributed by atoms with Crippen LogP contribution in [-0.2, 0) is 19.9 Å². The maximum atomic E-state index is 12.3. The summed E-state index contributed by atoms with van der Waals surface area (Å²) in [6, 6.07) is 2.70. The Morgan fingerprint density at radius 1 is 1.53 bits per heavy atom. The summed E-state index contributed by atoms with van der Waals surface area (Å²) in [5, 5.41) is 2.57. The lowest BCUT2D eigenvalue weighted by molar-refractivity contribution is -0.141. The minimum atomic E-state index is -1.23. The Labute approximate surface area is 109 Å². The van der Waals surface area contributed by atoms with E-state index in [2.05, 4.69) is 10.1 Å². The van der Waals surface area contributed by atoms with Gasteiger partial charge in [-0.15, -0.1) is 0 Å². The zero-order valence-electron chi connectivity index (χ0n) is 10.6. The van der Waals surface area contributed by atoms with E-state index in [1.165, 1.54) is 13.4 Å². The summed E-state index contributed by atoms with van der Waals surface area (Å²) in [7, 11) is 1.25. The quantitative estimate of drug-likeness (QED) is 0.637. The Kier molecular flexibility index (Phi) is 3.28. The molecule has 0 aromatic carbocycles. The average molecular weight is 266 g/mol. The first kappa shape index (κ1) is 13.1. The molecule has 2 heterocycles. The Morgan fingerprint density at radius 3 is 2.84 bits per heavy atom. The van der Waals surface area contributed by atoms with Crippen LogP contribution in [0.2, 0.25) is 0 Å². The van der Waals surface area contributed by atoms with Gasteiger partial charge in [-0.3, -0.25) is 14.5 Å². The van der Waals surface area contributed by atoms with Crippen molar-refractivity contribution in [2.45, 2.75) is 18.9 Å². The summed E-state index contributed by atoms with van der Waals surface area (Å²) in [6.45, 7) is 1.54. The smallest absolute Gasteiger partial charge is 0.325 e. The number of nitrogens with one attached hydrogen (secondary N) is 1. The fourth-order valence-electron chi connectivity index (χ4n) is 1.94. The molecule has 1 aliphatic heterocycles. The first-order chi connectivity index (χ1) is 8.99. The lowest BCUT2D eigenvalue weighted by Crippen LogP contribution is -2.40. The van der Waals surface area contributed by atoms with E-state index >= 15 is 0 Å². The fraction of sp³-hybridized carbons (Fsp3) is 0.417. The lowest BCUT2D eigenvalue weighted by Gasteiger charge is -2.18. The molecule has 1 saturated heterocycles. The Hall–Kier alpha value is -2.31. The zero-order chi connectivity index (χ0) is 14.0. The molecule has 1 fully saturated rings. The molecule has 1 unspecified atom stereocenters. The third-order valence-electron chi connectivity index (χ3n) is 3.06. The van der Waals surface area contributed by atoms with E-state index in [-0.39, 0.29) is 13.0 Å². The van der Waals surface area contributed by atoms with Crippen molar-refractivity contribution in [3.05, 3.63) is 24.2 Å². The van der Waals surface area contributed by atoms with Gasteiger partial charge in [0.05, 0.1) is 19.8 Å². The molecule has 1 N–H and O–H groups in total. The van der Waals surface area contributed by atoms with Crippen LogP contribution in [-0.4, -0.2) is 36.5 Å². The number of hydrogen-bond donors (Lipinski definition) is 1. The van der Waals surface area contributed by atoms with Crippen molar-refractivity contribution >= 4 is 17.9 Å². The highest BCUT2D eigenvalue weighted by Gasteiger charge is 2.50. The molecular formula is C12H14N2O5. The monoisotopic (exact) mass is 266 g/mol. The molecule has 1 aliphatic rings. The van der Waals surface area contributed by atoms with Gasteiger partial charge in [0, 0.05) is 6.54 Å². The predicted molar refractivity (Wildman–Crippen MR) is 62.9 cm³/mol. The molecule has 1 aromatic heterocycles. The van der Waals surface area contributed by atoms with E-state index in [1.54, 1.807) is 19.1 Å². The number of imide groups is 1. The Balaban J connectivity index is 2.15. The molecule has 0 saturated carbocycles. The zero-order valence-corrected chi connectivity index (χ0v) is 10.6. The van der Waals surface area contributed by atoms with Crippen LogP contribution in [0.15, 0.2) is 22.8 Å². The van der Waals surface area contributed by atoms with Gasteiger partial charge in [-0.2, -0.15) is 0 Å². The van der Waals surface area contributed by atoms with Crippen LogP contribution in [0.25, 0.3) is 0 Å². The molecule has 2 rings (SSSR count). The van der Waals surface area contributed by atoms with E-state index in [9.17, 15) is 14.4 Å². The second-order valence-electron chi connectivity index (χ2n) is 4.32. The van der Waals surface area contributed by atoms with Gasteiger partial charge in [0.1, 0.15) is 5.76 Å². The van der Waals surface area contributed by atoms with Crippen molar-refractivity contribution in [3.63, 3.8) is 0 Å². The van der Waals surface area contributed by atoms with Crippen LogP contribution >= 0.6 is 0 Å². The second-order valence-corrected chi connectivity index (χ2v) is 4.32. The number of hydrogen-bond acceptors (Lipinski definition) is 5. The number of carbonyl (C=O) groups is 3. The third kappa shape index (κ3) is 2.18. The summed E-state index contributed by atoms with van der Waals surface area (Å²) in [4.78, 5) is 36.1. The first-order valence-electron chi connectivity index (χ1n) is 5.74. The Morgan fingerprint density at radius 2 is 2.26 bits per heavy atom. The minimum Gasteiger partial charge on any atom is -0.469 e. The average Bonchev–Trinajstić information content (AvgIpc) is 2.98. The van der Waals surface area contributed by atoms with E-state index in [1.807, 2.05) is 0 Å². The standard InChI is InChI=1S/C12H14N2O5/c1-12(8-4-3-7-19-8)10(16)14(11(17)13-12)6-5-9(15)18-2/h3-4,7H,5-6H2,1-2H3,(H,13,17). The number of urea groups is 1. The van der Waals surface area contributed by atoms with Crippen molar-refractivity contribution in [2.24, 2.45) is 0 Å². The maximum Gasteiger partial charge on any atom is 0.325 e. The SMILES string of the molecule is COC(=O)CCN1C(=O)NC(C)(c2ccco2)C1=O. The summed E-state index contributed by atoms with van der Waals surface area (Å²) in [5.41, 5.74) is -1.23. The van der Waals surface area contributed by atoms with Crippen molar-refractivity contribution < 1.29 is 23.5 Å². The maximum absolute atomic E-state index is 12.3. The van der Waals surface area contributed by atoms with Crippen molar-refractivity contribution in [1.82, 2.24) is 10.2 Å². The van der Waals surface area contributed by atoms with Gasteiger partial charge in [0.2, 0.25) is 0 Å². The number of amides is 3. The highest BCUT2D eigenvalue weighted by molar-refractivity contribution is 6.07. The number of nitrogens with zero attached hydrogens (tertiary/aromatic N) is 1. The van der Waals surface area contributed by atoms with Crippen LogP contribution in [0.4, 0.5) is 4.79 Å². The van der Waals surface area contributed by atoms with Gasteiger partial charge in [-0.05, 0) is 19.1 Å². The van der Waals surface area contributed by atoms with E-state index in [4.69, 9.17) is 4.42 Å². The van der Waals surface area contributed by atoms with Gasteiger partial charge in [-0.25, -0.2) is 4.79 Å². The molecule has 1 atom stereocenters. The molecule has 0 bridgehead atoms. The molecule has 19 heavy (non-hydrogen) atoms. The van der Waals surface area contributed by atoms with E-state index in [0.29, 0.717) is 5.76 Å². The van der Waals surface area contributed by atoms with Gasteiger partial charge in [-0.1, -0.05) is 0 Å².